The molecule has 0 bridgehead atoms. The summed E-state index contributed by atoms with van der Waals surface area (Å²) in [7, 11) is 0. The molecule has 0 radical (unpaired) electrons. The molecule has 2 fully saturated rings. The first kappa shape index (κ1) is 14.1. The Kier molecular flexibility index (Phi) is 4.23. The van der Waals surface area contributed by atoms with Crippen LogP contribution in [0, 0.1) is 5.92 Å². The van der Waals surface area contributed by atoms with Gasteiger partial charge in [0.1, 0.15) is 6.04 Å². The second-order valence-corrected chi connectivity index (χ2v) is 6.06. The van der Waals surface area contributed by atoms with Crippen molar-refractivity contribution in [2.45, 2.75) is 38.1 Å². The Morgan fingerprint density at radius 2 is 1.81 bits per heavy atom. The van der Waals surface area contributed by atoms with Crippen molar-refractivity contribution in [1.82, 2.24) is 10.2 Å². The minimum atomic E-state index is -0.464. The smallest absolute Gasteiger partial charge is 0.247 e. The number of amides is 2. The first-order valence-corrected chi connectivity index (χ1v) is 7.88. The van der Waals surface area contributed by atoms with Crippen LogP contribution in [-0.4, -0.2) is 29.8 Å². The van der Waals surface area contributed by atoms with Crippen LogP contribution in [0.4, 0.5) is 0 Å². The molecule has 3 rings (SSSR count). The monoisotopic (exact) mass is 286 g/mol. The summed E-state index contributed by atoms with van der Waals surface area (Å²) in [6, 6.07) is 9.13. The summed E-state index contributed by atoms with van der Waals surface area (Å²) in [5.74, 6) is 0.688. The highest BCUT2D eigenvalue weighted by atomic mass is 16.2. The lowest BCUT2D eigenvalue weighted by Gasteiger charge is -2.35. The van der Waals surface area contributed by atoms with E-state index < -0.39 is 6.04 Å². The number of rotatable bonds is 4. The minimum Gasteiger partial charge on any atom is -0.345 e. The molecular formula is C17H22N2O2. The van der Waals surface area contributed by atoms with Crippen LogP contribution in [0.1, 0.15) is 43.7 Å². The van der Waals surface area contributed by atoms with Gasteiger partial charge in [-0.2, -0.15) is 0 Å². The number of nitrogens with zero attached hydrogens (tertiary/aromatic N) is 1. The average Bonchev–Trinajstić information content (AvgIpc) is 3.02. The van der Waals surface area contributed by atoms with Crippen molar-refractivity contribution in [3.8, 4) is 0 Å². The van der Waals surface area contributed by atoms with Crippen LogP contribution in [-0.2, 0) is 9.59 Å². The van der Waals surface area contributed by atoms with E-state index >= 15 is 0 Å². The summed E-state index contributed by atoms with van der Waals surface area (Å²) in [6.07, 6.45) is 6.17. The number of hydrogen-bond donors (Lipinski definition) is 1. The zero-order chi connectivity index (χ0) is 14.7. The van der Waals surface area contributed by atoms with Gasteiger partial charge in [-0.05, 0) is 17.9 Å². The van der Waals surface area contributed by atoms with Crippen LogP contribution in [0.15, 0.2) is 30.3 Å². The van der Waals surface area contributed by atoms with E-state index in [4.69, 9.17) is 0 Å². The van der Waals surface area contributed by atoms with Gasteiger partial charge in [-0.3, -0.25) is 9.59 Å². The molecule has 1 unspecified atom stereocenters. The molecule has 1 aromatic carbocycles. The number of carbonyl (C=O) groups excluding carboxylic acids is 2. The van der Waals surface area contributed by atoms with Crippen LogP contribution in [0.25, 0.3) is 0 Å². The van der Waals surface area contributed by atoms with Crippen LogP contribution < -0.4 is 5.32 Å². The van der Waals surface area contributed by atoms with Gasteiger partial charge in [0, 0.05) is 6.54 Å². The third kappa shape index (κ3) is 3.09. The highest BCUT2D eigenvalue weighted by Crippen LogP contribution is 2.30. The van der Waals surface area contributed by atoms with Crippen molar-refractivity contribution in [3.63, 3.8) is 0 Å². The fraction of sp³-hybridized carbons (Fsp3) is 0.529. The zero-order valence-electron chi connectivity index (χ0n) is 12.3. The molecule has 2 aliphatic rings. The molecule has 1 atom stereocenters. The molecule has 1 saturated carbocycles. The molecule has 1 heterocycles. The molecule has 1 N–H and O–H groups in total. The topological polar surface area (TPSA) is 49.4 Å². The summed E-state index contributed by atoms with van der Waals surface area (Å²) in [4.78, 5) is 26.3. The number of carbonyl (C=O) groups is 2. The largest absolute Gasteiger partial charge is 0.345 e. The van der Waals surface area contributed by atoms with Crippen LogP contribution in [0.5, 0.6) is 0 Å². The lowest BCUT2D eigenvalue weighted by molar-refractivity contribution is -0.146. The van der Waals surface area contributed by atoms with E-state index in [0.717, 1.165) is 17.9 Å². The van der Waals surface area contributed by atoms with E-state index in [0.29, 0.717) is 6.54 Å². The maximum absolute atomic E-state index is 12.2. The highest BCUT2D eigenvalue weighted by molar-refractivity contribution is 5.95. The van der Waals surface area contributed by atoms with E-state index in [-0.39, 0.29) is 18.4 Å². The normalized spacial score (nSPS) is 23.4. The second-order valence-electron chi connectivity index (χ2n) is 6.06. The molecule has 21 heavy (non-hydrogen) atoms. The van der Waals surface area contributed by atoms with E-state index in [1.165, 1.54) is 25.7 Å². The van der Waals surface area contributed by atoms with E-state index in [9.17, 15) is 9.59 Å². The van der Waals surface area contributed by atoms with E-state index in [2.05, 4.69) is 5.32 Å². The summed E-state index contributed by atoms with van der Waals surface area (Å²) < 4.78 is 0. The van der Waals surface area contributed by atoms with Crippen molar-refractivity contribution in [2.24, 2.45) is 5.92 Å². The molecule has 0 aromatic heterocycles. The third-order valence-corrected chi connectivity index (χ3v) is 4.66. The van der Waals surface area contributed by atoms with Gasteiger partial charge in [0.2, 0.25) is 11.8 Å². The number of piperazine rings is 1. The predicted octanol–water partition coefficient (Wildman–Crippen LogP) is 2.27. The van der Waals surface area contributed by atoms with Gasteiger partial charge in [-0.1, -0.05) is 56.0 Å². The van der Waals surface area contributed by atoms with Crippen LogP contribution in [0.2, 0.25) is 0 Å². The molecule has 2 amide bonds. The Bertz CT molecular complexity index is 509. The van der Waals surface area contributed by atoms with Crippen molar-refractivity contribution in [2.75, 3.05) is 13.1 Å². The maximum atomic E-state index is 12.2. The van der Waals surface area contributed by atoms with Crippen LogP contribution >= 0.6 is 0 Å². The van der Waals surface area contributed by atoms with Crippen molar-refractivity contribution < 1.29 is 9.59 Å². The first-order valence-electron chi connectivity index (χ1n) is 7.88. The number of nitrogens with one attached hydrogen (secondary N) is 1. The fourth-order valence-electron chi connectivity index (χ4n) is 3.49. The quantitative estimate of drug-likeness (QED) is 0.923. The molecule has 1 saturated heterocycles. The van der Waals surface area contributed by atoms with Gasteiger partial charge in [0.25, 0.3) is 0 Å². The number of hydrogen-bond acceptors (Lipinski definition) is 2. The van der Waals surface area contributed by atoms with Gasteiger partial charge in [0.05, 0.1) is 6.54 Å². The minimum absolute atomic E-state index is 0.0291. The average molecular weight is 286 g/mol. The number of benzene rings is 1. The lowest BCUT2D eigenvalue weighted by atomic mass is 9.99. The summed E-state index contributed by atoms with van der Waals surface area (Å²) in [5.41, 5.74) is 0.898. The molecule has 112 valence electrons. The molecular weight excluding hydrogens is 264 g/mol. The summed E-state index contributed by atoms with van der Waals surface area (Å²) in [5, 5.41) is 2.71. The third-order valence-electron chi connectivity index (χ3n) is 4.66. The predicted molar refractivity (Wildman–Crippen MR) is 80.5 cm³/mol. The second kappa shape index (κ2) is 6.29. The molecule has 1 aliphatic carbocycles. The highest BCUT2D eigenvalue weighted by Gasteiger charge is 2.35. The van der Waals surface area contributed by atoms with Gasteiger partial charge >= 0.3 is 0 Å². The molecule has 4 heteroatoms. The SMILES string of the molecule is O=C1NCC(=O)N(CCC2CCCC2)C1c1ccccc1. The first-order chi connectivity index (χ1) is 10.3. The Morgan fingerprint density at radius 3 is 2.52 bits per heavy atom. The zero-order valence-corrected chi connectivity index (χ0v) is 12.3. The standard InChI is InChI=1S/C17H22N2O2/c20-15-12-18-17(21)16(14-8-2-1-3-9-14)19(15)11-10-13-6-4-5-7-13/h1-3,8-9,13,16H,4-7,10-12H2,(H,18,21). The van der Waals surface area contributed by atoms with Crippen LogP contribution in [0.3, 0.4) is 0 Å². The van der Waals surface area contributed by atoms with Crippen molar-refractivity contribution in [1.29, 1.82) is 0 Å². The summed E-state index contributed by atoms with van der Waals surface area (Å²) >= 11 is 0. The maximum Gasteiger partial charge on any atom is 0.247 e. The van der Waals surface area contributed by atoms with Crippen molar-refractivity contribution >= 4 is 11.8 Å². The van der Waals surface area contributed by atoms with E-state index in [1.807, 2.05) is 30.3 Å². The Hall–Kier alpha value is -1.84. The fourth-order valence-corrected chi connectivity index (χ4v) is 3.49. The lowest BCUT2D eigenvalue weighted by Crippen LogP contribution is -2.53. The van der Waals surface area contributed by atoms with Crippen molar-refractivity contribution in [3.05, 3.63) is 35.9 Å². The Morgan fingerprint density at radius 1 is 1.10 bits per heavy atom. The van der Waals surface area contributed by atoms with E-state index in [1.54, 1.807) is 4.90 Å². The molecule has 1 aromatic rings. The Balaban J connectivity index is 1.75. The van der Waals surface area contributed by atoms with Gasteiger partial charge in [0.15, 0.2) is 0 Å². The molecule has 0 spiro atoms. The van der Waals surface area contributed by atoms with Gasteiger partial charge in [-0.15, -0.1) is 0 Å². The van der Waals surface area contributed by atoms with Gasteiger partial charge in [-0.25, -0.2) is 0 Å². The molecule has 4 nitrogen and oxygen atoms in total. The Labute approximate surface area is 125 Å². The molecule has 1 aliphatic heterocycles. The van der Waals surface area contributed by atoms with Gasteiger partial charge < -0.3 is 10.2 Å². The summed E-state index contributed by atoms with van der Waals surface area (Å²) in [6.45, 7) is 0.823.